The van der Waals surface area contributed by atoms with Crippen molar-refractivity contribution < 1.29 is 9.72 Å². The summed E-state index contributed by atoms with van der Waals surface area (Å²) in [6.07, 6.45) is 2.15. The van der Waals surface area contributed by atoms with Gasteiger partial charge in [0.15, 0.2) is 0 Å². The number of nitro groups is 1. The fourth-order valence-electron chi connectivity index (χ4n) is 3.05. The molecule has 132 valence electrons. The van der Waals surface area contributed by atoms with Crippen LogP contribution >= 0.6 is 0 Å². The lowest BCUT2D eigenvalue weighted by Gasteiger charge is -2.38. The summed E-state index contributed by atoms with van der Waals surface area (Å²) in [6.45, 7) is 4.72. The Hall–Kier alpha value is -2.66. The number of anilines is 1. The Labute approximate surface area is 146 Å². The Morgan fingerprint density at radius 3 is 2.60 bits per heavy atom. The van der Waals surface area contributed by atoms with Crippen molar-refractivity contribution in [1.29, 1.82) is 5.26 Å². The molecule has 1 heterocycles. The molecule has 1 N–H and O–H groups in total. The van der Waals surface area contributed by atoms with Crippen molar-refractivity contribution in [3.05, 3.63) is 33.9 Å². The summed E-state index contributed by atoms with van der Waals surface area (Å²) in [5.74, 6) is 0.0740. The van der Waals surface area contributed by atoms with E-state index < -0.39 is 4.92 Å². The Morgan fingerprint density at radius 1 is 1.36 bits per heavy atom. The monoisotopic (exact) mass is 343 g/mol. The highest BCUT2D eigenvalue weighted by molar-refractivity contribution is 5.81. The predicted molar refractivity (Wildman–Crippen MR) is 92.2 cm³/mol. The van der Waals surface area contributed by atoms with E-state index in [1.807, 2.05) is 13.0 Å². The molecule has 1 aliphatic heterocycles. The normalized spacial score (nSPS) is 19.1. The minimum atomic E-state index is -0.525. The van der Waals surface area contributed by atoms with Gasteiger partial charge in [-0.3, -0.25) is 19.8 Å². The van der Waals surface area contributed by atoms with E-state index in [9.17, 15) is 14.9 Å². The molecule has 0 spiro atoms. The van der Waals surface area contributed by atoms with Gasteiger partial charge in [-0.15, -0.1) is 0 Å². The first-order chi connectivity index (χ1) is 12.0. The number of nitriles is 1. The number of rotatable bonds is 5. The molecule has 0 radical (unpaired) electrons. The summed E-state index contributed by atoms with van der Waals surface area (Å²) in [6, 6.07) is 6.73. The van der Waals surface area contributed by atoms with E-state index in [-0.39, 0.29) is 23.2 Å². The zero-order chi connectivity index (χ0) is 18.0. The second kappa shape index (κ2) is 7.07. The van der Waals surface area contributed by atoms with E-state index in [1.54, 1.807) is 6.07 Å². The van der Waals surface area contributed by atoms with E-state index in [2.05, 4.69) is 15.1 Å². The van der Waals surface area contributed by atoms with E-state index in [0.29, 0.717) is 32.2 Å². The second-order valence-corrected chi connectivity index (χ2v) is 6.55. The molecule has 1 saturated heterocycles. The molecule has 1 atom stereocenters. The van der Waals surface area contributed by atoms with Crippen molar-refractivity contribution >= 4 is 17.3 Å². The number of amides is 1. The zero-order valence-corrected chi connectivity index (χ0v) is 14.1. The van der Waals surface area contributed by atoms with Crippen molar-refractivity contribution in [2.24, 2.45) is 0 Å². The number of carbonyl (C=O) groups excluding carboxylic acids is 1. The molecule has 1 aliphatic carbocycles. The fourth-order valence-corrected chi connectivity index (χ4v) is 3.05. The number of nitrogens with one attached hydrogen (secondary N) is 1. The van der Waals surface area contributed by atoms with Crippen LogP contribution in [0.2, 0.25) is 0 Å². The van der Waals surface area contributed by atoms with Gasteiger partial charge >= 0.3 is 0 Å². The SMILES string of the molecule is CC(C(=O)NC1CC1)N1CCN(c2ccc(C#N)c([N+](=O)[O-])c2)CC1. The summed E-state index contributed by atoms with van der Waals surface area (Å²) in [5, 5.41) is 23.1. The van der Waals surface area contributed by atoms with Crippen LogP contribution in [0.4, 0.5) is 11.4 Å². The number of nitro benzene ring substituents is 1. The van der Waals surface area contributed by atoms with Crippen molar-refractivity contribution in [3.63, 3.8) is 0 Å². The molecular weight excluding hydrogens is 322 g/mol. The van der Waals surface area contributed by atoms with Crippen LogP contribution in [0, 0.1) is 21.4 Å². The van der Waals surface area contributed by atoms with E-state index in [0.717, 1.165) is 18.5 Å². The van der Waals surface area contributed by atoms with E-state index >= 15 is 0 Å². The molecule has 8 nitrogen and oxygen atoms in total. The van der Waals surface area contributed by atoms with Crippen molar-refractivity contribution in [2.45, 2.75) is 31.8 Å². The van der Waals surface area contributed by atoms with Crippen molar-refractivity contribution in [2.75, 3.05) is 31.1 Å². The Morgan fingerprint density at radius 2 is 2.04 bits per heavy atom. The average molecular weight is 343 g/mol. The van der Waals surface area contributed by atoms with Crippen LogP contribution in [-0.4, -0.2) is 54.0 Å². The molecule has 0 bridgehead atoms. The molecule has 1 aromatic carbocycles. The quantitative estimate of drug-likeness (QED) is 0.638. The first kappa shape index (κ1) is 17.2. The fraction of sp³-hybridized carbons (Fsp3) is 0.529. The van der Waals surface area contributed by atoms with E-state index in [4.69, 9.17) is 5.26 Å². The van der Waals surface area contributed by atoms with Crippen molar-refractivity contribution in [1.82, 2.24) is 10.2 Å². The number of carbonyl (C=O) groups is 1. The lowest BCUT2D eigenvalue weighted by atomic mass is 10.1. The highest BCUT2D eigenvalue weighted by Gasteiger charge is 2.30. The molecule has 0 aromatic heterocycles. The van der Waals surface area contributed by atoms with Crippen LogP contribution in [0.25, 0.3) is 0 Å². The lowest BCUT2D eigenvalue weighted by molar-refractivity contribution is -0.385. The van der Waals surface area contributed by atoms with Gasteiger partial charge in [0, 0.05) is 44.0 Å². The average Bonchev–Trinajstić information content (AvgIpc) is 3.44. The molecule has 8 heteroatoms. The van der Waals surface area contributed by atoms with Gasteiger partial charge < -0.3 is 10.2 Å². The highest BCUT2D eigenvalue weighted by atomic mass is 16.6. The zero-order valence-electron chi connectivity index (χ0n) is 14.1. The highest BCUT2D eigenvalue weighted by Crippen LogP contribution is 2.26. The van der Waals surface area contributed by atoms with Gasteiger partial charge in [-0.25, -0.2) is 0 Å². The Kier molecular flexibility index (Phi) is 4.86. The number of benzene rings is 1. The molecule has 25 heavy (non-hydrogen) atoms. The smallest absolute Gasteiger partial charge is 0.289 e. The molecular formula is C17H21N5O3. The third kappa shape index (κ3) is 3.88. The maximum absolute atomic E-state index is 12.2. The molecule has 2 fully saturated rings. The number of piperazine rings is 1. The summed E-state index contributed by atoms with van der Waals surface area (Å²) in [7, 11) is 0. The van der Waals surface area contributed by atoms with Crippen LogP contribution in [-0.2, 0) is 4.79 Å². The number of nitrogens with zero attached hydrogens (tertiary/aromatic N) is 4. The summed E-state index contributed by atoms with van der Waals surface area (Å²) < 4.78 is 0. The van der Waals surface area contributed by atoms with Gasteiger partial charge in [0.05, 0.1) is 11.0 Å². The van der Waals surface area contributed by atoms with Crippen LogP contribution in [0.1, 0.15) is 25.3 Å². The van der Waals surface area contributed by atoms with Crippen LogP contribution in [0.15, 0.2) is 18.2 Å². The maximum Gasteiger partial charge on any atom is 0.289 e. The summed E-state index contributed by atoms with van der Waals surface area (Å²) in [5.41, 5.74) is 0.637. The minimum absolute atomic E-state index is 0.0674. The Balaban J connectivity index is 1.62. The van der Waals surface area contributed by atoms with Crippen LogP contribution in [0.5, 0.6) is 0 Å². The van der Waals surface area contributed by atoms with Gasteiger partial charge in [-0.1, -0.05) is 0 Å². The molecule has 3 rings (SSSR count). The van der Waals surface area contributed by atoms with Gasteiger partial charge in [0.2, 0.25) is 5.91 Å². The number of hydrogen-bond donors (Lipinski definition) is 1. The maximum atomic E-state index is 12.2. The van der Waals surface area contributed by atoms with Crippen LogP contribution < -0.4 is 10.2 Å². The molecule has 2 aliphatic rings. The topological polar surface area (TPSA) is 103 Å². The first-order valence-corrected chi connectivity index (χ1v) is 8.47. The molecule has 1 unspecified atom stereocenters. The third-order valence-corrected chi connectivity index (χ3v) is 4.83. The Bertz CT molecular complexity index is 717. The summed E-state index contributed by atoms with van der Waals surface area (Å²) >= 11 is 0. The van der Waals surface area contributed by atoms with Gasteiger partial charge in [0.1, 0.15) is 11.6 Å². The minimum Gasteiger partial charge on any atom is -0.369 e. The predicted octanol–water partition coefficient (Wildman–Crippen LogP) is 1.26. The third-order valence-electron chi connectivity index (χ3n) is 4.83. The second-order valence-electron chi connectivity index (χ2n) is 6.55. The molecule has 1 aromatic rings. The number of hydrogen-bond acceptors (Lipinski definition) is 6. The summed E-state index contributed by atoms with van der Waals surface area (Å²) in [4.78, 5) is 26.9. The van der Waals surface area contributed by atoms with E-state index in [1.165, 1.54) is 12.1 Å². The lowest BCUT2D eigenvalue weighted by Crippen LogP contribution is -2.54. The molecule has 1 amide bonds. The first-order valence-electron chi connectivity index (χ1n) is 8.47. The van der Waals surface area contributed by atoms with Gasteiger partial charge in [0.25, 0.3) is 5.69 Å². The van der Waals surface area contributed by atoms with Gasteiger partial charge in [-0.2, -0.15) is 5.26 Å². The standard InChI is InChI=1S/C17H21N5O3/c1-12(17(23)19-14-3-4-14)20-6-8-21(9-7-20)15-5-2-13(11-18)16(10-15)22(24)25/h2,5,10,12,14H,3-4,6-9H2,1H3,(H,19,23). The van der Waals surface area contributed by atoms with Crippen molar-refractivity contribution in [3.8, 4) is 6.07 Å². The van der Waals surface area contributed by atoms with Gasteiger partial charge in [-0.05, 0) is 31.9 Å². The molecule has 1 saturated carbocycles. The van der Waals surface area contributed by atoms with Crippen LogP contribution in [0.3, 0.4) is 0 Å². The largest absolute Gasteiger partial charge is 0.369 e.